The van der Waals surface area contributed by atoms with Crippen LogP contribution >= 0.6 is 0 Å². The van der Waals surface area contributed by atoms with E-state index in [1.165, 1.54) is 7.11 Å². The number of methoxy groups -OCH3 is 1. The van der Waals surface area contributed by atoms with Crippen molar-refractivity contribution in [2.75, 3.05) is 12.4 Å². The summed E-state index contributed by atoms with van der Waals surface area (Å²) in [6.07, 6.45) is 3.71. The van der Waals surface area contributed by atoms with E-state index in [9.17, 15) is 9.59 Å². The summed E-state index contributed by atoms with van der Waals surface area (Å²) in [5.74, 6) is 0.871. The fraction of sp³-hybridized carbons (Fsp3) is 0.211. The van der Waals surface area contributed by atoms with Crippen molar-refractivity contribution in [3.05, 3.63) is 71.3 Å². The number of esters is 1. The first-order chi connectivity index (χ1) is 12.7. The molecule has 0 radical (unpaired) electrons. The maximum atomic E-state index is 12.2. The number of anilines is 1. The summed E-state index contributed by atoms with van der Waals surface area (Å²) in [5, 5.41) is 7.31. The highest BCUT2D eigenvalue weighted by Crippen LogP contribution is 2.37. The Kier molecular flexibility index (Phi) is 4.04. The number of rotatable bonds is 4. The van der Waals surface area contributed by atoms with Crippen molar-refractivity contribution in [2.24, 2.45) is 0 Å². The largest absolute Gasteiger partial charge is 0.467 e. The lowest BCUT2D eigenvalue weighted by atomic mass is 9.87. The molecule has 1 aliphatic rings. The Labute approximate surface area is 149 Å². The number of nitrogens with zero attached hydrogens (tertiary/aromatic N) is 2. The number of hydrogen-bond donors (Lipinski definition) is 1. The van der Waals surface area contributed by atoms with E-state index in [-0.39, 0.29) is 17.8 Å². The van der Waals surface area contributed by atoms with Crippen LogP contribution in [0.1, 0.15) is 39.6 Å². The van der Waals surface area contributed by atoms with Crippen molar-refractivity contribution in [3.63, 3.8) is 0 Å². The van der Waals surface area contributed by atoms with Gasteiger partial charge in [-0.3, -0.25) is 4.79 Å². The molecule has 7 nitrogen and oxygen atoms in total. The number of benzene rings is 1. The molecule has 132 valence electrons. The maximum Gasteiger partial charge on any atom is 0.337 e. The first-order valence-electron chi connectivity index (χ1n) is 8.22. The molecule has 1 aromatic carbocycles. The summed E-state index contributed by atoms with van der Waals surface area (Å²) < 4.78 is 11.8. The second kappa shape index (κ2) is 6.51. The Morgan fingerprint density at radius 3 is 2.85 bits per heavy atom. The molecule has 1 unspecified atom stereocenters. The number of ether oxygens (including phenoxy) is 1. The van der Waals surface area contributed by atoms with Gasteiger partial charge in [0.15, 0.2) is 0 Å². The minimum atomic E-state index is -0.384. The average Bonchev–Trinajstić information content (AvgIpc) is 3.31. The van der Waals surface area contributed by atoms with E-state index in [0.717, 1.165) is 16.9 Å². The molecule has 0 spiro atoms. The molecular formula is C19H17N3O4. The number of hydrogen-bond acceptors (Lipinski definition) is 5. The molecule has 3 aromatic rings. The molecule has 26 heavy (non-hydrogen) atoms. The van der Waals surface area contributed by atoms with Crippen LogP contribution in [0.3, 0.4) is 0 Å². The molecule has 7 heteroatoms. The van der Waals surface area contributed by atoms with Gasteiger partial charge in [0.05, 0.1) is 25.1 Å². The van der Waals surface area contributed by atoms with Gasteiger partial charge in [0, 0.05) is 17.9 Å². The van der Waals surface area contributed by atoms with Gasteiger partial charge in [-0.05, 0) is 29.8 Å². The summed E-state index contributed by atoms with van der Waals surface area (Å²) in [6, 6.07) is 10.8. The lowest BCUT2D eigenvalue weighted by Crippen LogP contribution is -2.25. The predicted molar refractivity (Wildman–Crippen MR) is 92.9 cm³/mol. The van der Waals surface area contributed by atoms with Crippen molar-refractivity contribution < 1.29 is 18.7 Å². The van der Waals surface area contributed by atoms with Crippen LogP contribution in [0.15, 0.2) is 53.3 Å². The second-order valence-electron chi connectivity index (χ2n) is 6.10. The Morgan fingerprint density at radius 1 is 1.35 bits per heavy atom. The smallest absolute Gasteiger partial charge is 0.337 e. The first kappa shape index (κ1) is 16.1. The van der Waals surface area contributed by atoms with Crippen LogP contribution in [-0.4, -0.2) is 28.8 Å². The van der Waals surface area contributed by atoms with Gasteiger partial charge in [-0.2, -0.15) is 5.10 Å². The molecule has 0 fully saturated rings. The minimum Gasteiger partial charge on any atom is -0.467 e. The van der Waals surface area contributed by atoms with Gasteiger partial charge in [-0.1, -0.05) is 12.1 Å². The fourth-order valence-corrected chi connectivity index (χ4v) is 3.21. The van der Waals surface area contributed by atoms with Crippen LogP contribution in [0.25, 0.3) is 0 Å². The normalized spacial score (nSPS) is 16.0. The van der Waals surface area contributed by atoms with Gasteiger partial charge in [-0.25, -0.2) is 9.48 Å². The predicted octanol–water partition coefficient (Wildman–Crippen LogP) is 2.79. The summed E-state index contributed by atoms with van der Waals surface area (Å²) >= 11 is 0. The number of nitrogens with one attached hydrogen (secondary N) is 1. The molecule has 1 N–H and O–H groups in total. The highest BCUT2D eigenvalue weighted by molar-refractivity contribution is 5.94. The molecule has 1 amide bonds. The molecule has 0 bridgehead atoms. The molecule has 0 saturated carbocycles. The van der Waals surface area contributed by atoms with Gasteiger partial charge in [0.2, 0.25) is 5.91 Å². The SMILES string of the molecule is COC(=O)c1ccc(C2CC(=O)Nc3c2cnn3Cc2ccco2)cc1. The van der Waals surface area contributed by atoms with Gasteiger partial charge in [0.1, 0.15) is 18.1 Å². The number of fused-ring (bicyclic) bond motifs is 1. The van der Waals surface area contributed by atoms with Gasteiger partial charge in [-0.15, -0.1) is 0 Å². The van der Waals surface area contributed by atoms with Gasteiger partial charge in [0.25, 0.3) is 0 Å². The number of aromatic nitrogens is 2. The molecular weight excluding hydrogens is 334 g/mol. The van der Waals surface area contributed by atoms with Gasteiger partial charge >= 0.3 is 5.97 Å². The molecule has 1 atom stereocenters. The van der Waals surface area contributed by atoms with E-state index >= 15 is 0 Å². The Bertz CT molecular complexity index is 942. The van der Waals surface area contributed by atoms with Crippen LogP contribution in [0.4, 0.5) is 5.82 Å². The standard InChI is InChI=1S/C19H17N3O4/c1-25-19(24)13-6-4-12(5-7-13)15-9-17(23)21-18-16(15)10-20-22(18)11-14-3-2-8-26-14/h2-8,10,15H,9,11H2,1H3,(H,21,23). The molecule has 3 heterocycles. The topological polar surface area (TPSA) is 86.4 Å². The van der Waals surface area contributed by atoms with Gasteiger partial charge < -0.3 is 14.5 Å². The lowest BCUT2D eigenvalue weighted by molar-refractivity contribution is -0.116. The summed E-state index contributed by atoms with van der Waals surface area (Å²) in [4.78, 5) is 23.8. The summed E-state index contributed by atoms with van der Waals surface area (Å²) in [5.41, 5.74) is 2.37. The zero-order valence-electron chi connectivity index (χ0n) is 14.1. The molecule has 0 saturated heterocycles. The van der Waals surface area contributed by atoms with E-state index in [0.29, 0.717) is 24.3 Å². The van der Waals surface area contributed by atoms with E-state index in [2.05, 4.69) is 10.4 Å². The first-order valence-corrected chi connectivity index (χ1v) is 8.22. The monoisotopic (exact) mass is 351 g/mol. The van der Waals surface area contributed by atoms with E-state index in [1.807, 2.05) is 24.3 Å². The van der Waals surface area contributed by atoms with Crippen molar-refractivity contribution in [1.82, 2.24) is 9.78 Å². The molecule has 4 rings (SSSR count). The minimum absolute atomic E-state index is 0.0688. The Balaban J connectivity index is 1.66. The molecule has 0 aliphatic carbocycles. The van der Waals surface area contributed by atoms with Crippen molar-refractivity contribution in [3.8, 4) is 0 Å². The number of furan rings is 1. The quantitative estimate of drug-likeness (QED) is 0.731. The highest BCUT2D eigenvalue weighted by Gasteiger charge is 2.30. The summed E-state index contributed by atoms with van der Waals surface area (Å²) in [6.45, 7) is 0.441. The third-order valence-electron chi connectivity index (χ3n) is 4.51. The third kappa shape index (κ3) is 2.88. The third-order valence-corrected chi connectivity index (χ3v) is 4.51. The average molecular weight is 351 g/mol. The Hall–Kier alpha value is -3.35. The van der Waals surface area contributed by atoms with Crippen molar-refractivity contribution >= 4 is 17.7 Å². The van der Waals surface area contributed by atoms with Crippen LogP contribution < -0.4 is 5.32 Å². The Morgan fingerprint density at radius 2 is 2.15 bits per heavy atom. The number of carbonyl (C=O) groups excluding carboxylic acids is 2. The van der Waals surface area contributed by atoms with E-state index < -0.39 is 0 Å². The van der Waals surface area contributed by atoms with Crippen molar-refractivity contribution in [1.29, 1.82) is 0 Å². The molecule has 1 aliphatic heterocycles. The van der Waals surface area contributed by atoms with E-state index in [4.69, 9.17) is 9.15 Å². The zero-order chi connectivity index (χ0) is 18.1. The lowest BCUT2D eigenvalue weighted by Gasteiger charge is -2.23. The number of carbonyl (C=O) groups is 2. The maximum absolute atomic E-state index is 12.2. The second-order valence-corrected chi connectivity index (χ2v) is 6.10. The van der Waals surface area contributed by atoms with Crippen molar-refractivity contribution in [2.45, 2.75) is 18.9 Å². The van der Waals surface area contributed by atoms with Crippen LogP contribution in [0.2, 0.25) is 0 Å². The highest BCUT2D eigenvalue weighted by atomic mass is 16.5. The van der Waals surface area contributed by atoms with Crippen LogP contribution in [-0.2, 0) is 16.1 Å². The fourth-order valence-electron chi connectivity index (χ4n) is 3.21. The van der Waals surface area contributed by atoms with E-state index in [1.54, 1.807) is 29.3 Å². The zero-order valence-corrected chi connectivity index (χ0v) is 14.1. The molecule has 2 aromatic heterocycles. The summed E-state index contributed by atoms with van der Waals surface area (Å²) in [7, 11) is 1.35. The van der Waals surface area contributed by atoms with Crippen LogP contribution in [0.5, 0.6) is 0 Å². The van der Waals surface area contributed by atoms with Crippen LogP contribution in [0, 0.1) is 0 Å². The number of amides is 1.